The van der Waals surface area contributed by atoms with Crippen LogP contribution in [0, 0.1) is 0 Å². The van der Waals surface area contributed by atoms with Crippen LogP contribution in [0.5, 0.6) is 0 Å². The number of urea groups is 1. The zero-order valence-corrected chi connectivity index (χ0v) is 12.8. The predicted octanol–water partition coefficient (Wildman–Crippen LogP) is 1.58. The Morgan fingerprint density at radius 3 is 2.86 bits per heavy atom. The van der Waals surface area contributed by atoms with E-state index in [0.717, 1.165) is 5.16 Å². The highest BCUT2D eigenvalue weighted by molar-refractivity contribution is 7.99. The molecule has 114 valence electrons. The summed E-state index contributed by atoms with van der Waals surface area (Å²) >= 11 is 1.35. The zero-order valence-electron chi connectivity index (χ0n) is 11.9. The topological polar surface area (TPSA) is 67.2 Å². The van der Waals surface area contributed by atoms with E-state index in [1.54, 1.807) is 6.20 Å². The minimum atomic E-state index is -0.307. The van der Waals surface area contributed by atoms with Crippen LogP contribution < -0.4 is 5.32 Å². The molecule has 1 fully saturated rings. The maximum Gasteiger partial charge on any atom is 0.324 e. The number of imide groups is 1. The number of nitrogens with one attached hydrogen (secondary N) is 1. The van der Waals surface area contributed by atoms with Gasteiger partial charge < -0.3 is 9.88 Å². The molecule has 0 radical (unpaired) electrons. The summed E-state index contributed by atoms with van der Waals surface area (Å²) in [5, 5.41) is 3.40. The molecular formula is C15H16N4O2S. The van der Waals surface area contributed by atoms with Gasteiger partial charge in [-0.15, -0.1) is 0 Å². The molecule has 0 spiro atoms. The zero-order chi connectivity index (χ0) is 15.4. The second kappa shape index (κ2) is 6.65. The van der Waals surface area contributed by atoms with E-state index in [0.29, 0.717) is 19.6 Å². The molecule has 7 heteroatoms. The SMILES string of the molecule is O=C(CSc1nccn1Cc1ccccc1)N1CCNC1=O. The van der Waals surface area contributed by atoms with E-state index in [4.69, 9.17) is 0 Å². The highest BCUT2D eigenvalue weighted by atomic mass is 32.2. The number of hydrogen-bond acceptors (Lipinski definition) is 4. The first-order valence-corrected chi connectivity index (χ1v) is 7.98. The van der Waals surface area contributed by atoms with Gasteiger partial charge in [0.25, 0.3) is 0 Å². The standard InChI is InChI=1S/C15H16N4O2S/c20-13(19-9-7-16-14(19)21)11-22-15-17-6-8-18(15)10-12-4-2-1-3-5-12/h1-6,8H,7,9-11H2,(H,16,21). The summed E-state index contributed by atoms with van der Waals surface area (Å²) in [6, 6.07) is 9.76. The number of benzene rings is 1. The van der Waals surface area contributed by atoms with Gasteiger partial charge in [0, 0.05) is 32.0 Å². The number of aromatic nitrogens is 2. The minimum Gasteiger partial charge on any atom is -0.336 e. The molecule has 1 aromatic heterocycles. The van der Waals surface area contributed by atoms with Gasteiger partial charge in [-0.05, 0) is 5.56 Å². The lowest BCUT2D eigenvalue weighted by Gasteiger charge is -2.12. The summed E-state index contributed by atoms with van der Waals surface area (Å²) in [5.41, 5.74) is 1.17. The van der Waals surface area contributed by atoms with Crippen molar-refractivity contribution in [1.29, 1.82) is 0 Å². The summed E-state index contributed by atoms with van der Waals surface area (Å²) < 4.78 is 2.00. The molecule has 1 N–H and O–H groups in total. The molecule has 22 heavy (non-hydrogen) atoms. The first kappa shape index (κ1) is 14.6. The van der Waals surface area contributed by atoms with Crippen LogP contribution in [0.3, 0.4) is 0 Å². The van der Waals surface area contributed by atoms with Gasteiger partial charge in [0.2, 0.25) is 5.91 Å². The minimum absolute atomic E-state index is 0.186. The van der Waals surface area contributed by atoms with Crippen LogP contribution in [0.1, 0.15) is 5.56 Å². The molecule has 6 nitrogen and oxygen atoms in total. The van der Waals surface area contributed by atoms with Crippen molar-refractivity contribution in [3.05, 3.63) is 48.3 Å². The number of nitrogens with zero attached hydrogens (tertiary/aromatic N) is 3. The van der Waals surface area contributed by atoms with Gasteiger partial charge in [0.15, 0.2) is 5.16 Å². The molecule has 2 heterocycles. The summed E-state index contributed by atoms with van der Waals surface area (Å²) in [5.74, 6) is 0.0217. The number of hydrogen-bond donors (Lipinski definition) is 1. The van der Waals surface area contributed by atoms with E-state index in [2.05, 4.69) is 10.3 Å². The largest absolute Gasteiger partial charge is 0.336 e. The molecule has 3 amide bonds. The van der Waals surface area contributed by atoms with Gasteiger partial charge in [0.1, 0.15) is 0 Å². The third kappa shape index (κ3) is 3.30. The van der Waals surface area contributed by atoms with Crippen LogP contribution in [-0.2, 0) is 11.3 Å². The first-order valence-electron chi connectivity index (χ1n) is 7.00. The number of amides is 3. The molecule has 1 aliphatic rings. The molecule has 0 atom stereocenters. The molecule has 3 rings (SSSR count). The highest BCUT2D eigenvalue weighted by Gasteiger charge is 2.26. The average Bonchev–Trinajstić information content (AvgIpc) is 3.15. The third-order valence-electron chi connectivity index (χ3n) is 3.36. The van der Waals surface area contributed by atoms with E-state index in [1.165, 1.54) is 22.2 Å². The normalized spacial score (nSPS) is 14.2. The van der Waals surface area contributed by atoms with Gasteiger partial charge in [-0.2, -0.15) is 0 Å². The van der Waals surface area contributed by atoms with Gasteiger partial charge in [-0.1, -0.05) is 42.1 Å². The molecule has 1 aromatic carbocycles. The molecule has 1 saturated heterocycles. The van der Waals surface area contributed by atoms with Gasteiger partial charge in [0.05, 0.1) is 5.75 Å². The van der Waals surface area contributed by atoms with Crippen LogP contribution in [0.4, 0.5) is 4.79 Å². The Morgan fingerprint density at radius 2 is 2.14 bits per heavy atom. The Hall–Kier alpha value is -2.28. The van der Waals surface area contributed by atoms with E-state index in [-0.39, 0.29) is 17.7 Å². The molecule has 2 aromatic rings. The first-order chi connectivity index (χ1) is 10.7. The van der Waals surface area contributed by atoms with Gasteiger partial charge in [-0.25, -0.2) is 9.78 Å². The summed E-state index contributed by atoms with van der Waals surface area (Å²) in [6.45, 7) is 1.68. The van der Waals surface area contributed by atoms with E-state index in [1.807, 2.05) is 41.1 Å². The Labute approximate surface area is 132 Å². The van der Waals surface area contributed by atoms with E-state index < -0.39 is 0 Å². The quantitative estimate of drug-likeness (QED) is 0.851. The maximum atomic E-state index is 12.0. The molecule has 1 aliphatic heterocycles. The number of imidazole rings is 1. The lowest BCUT2D eigenvalue weighted by molar-refractivity contribution is -0.124. The Bertz CT molecular complexity index is 671. The molecular weight excluding hydrogens is 300 g/mol. The molecule has 0 unspecified atom stereocenters. The fourth-order valence-electron chi connectivity index (χ4n) is 2.25. The Balaban J connectivity index is 1.60. The van der Waals surface area contributed by atoms with E-state index >= 15 is 0 Å². The number of rotatable bonds is 5. The monoisotopic (exact) mass is 316 g/mol. The van der Waals surface area contributed by atoms with Crippen LogP contribution in [0.15, 0.2) is 47.9 Å². The van der Waals surface area contributed by atoms with Crippen molar-refractivity contribution in [3.63, 3.8) is 0 Å². The second-order valence-electron chi connectivity index (χ2n) is 4.89. The van der Waals surface area contributed by atoms with Crippen LogP contribution in [0.25, 0.3) is 0 Å². The average molecular weight is 316 g/mol. The number of carbonyl (C=O) groups excluding carboxylic acids is 2. The van der Waals surface area contributed by atoms with E-state index in [9.17, 15) is 9.59 Å². The van der Waals surface area contributed by atoms with Gasteiger partial charge >= 0.3 is 6.03 Å². The third-order valence-corrected chi connectivity index (χ3v) is 4.35. The number of thioether (sulfide) groups is 1. The Kier molecular flexibility index (Phi) is 4.43. The predicted molar refractivity (Wildman–Crippen MR) is 83.6 cm³/mol. The van der Waals surface area contributed by atoms with Crippen LogP contribution in [0.2, 0.25) is 0 Å². The maximum absolute atomic E-state index is 12.0. The fraction of sp³-hybridized carbons (Fsp3) is 0.267. The lowest BCUT2D eigenvalue weighted by Crippen LogP contribution is -2.35. The molecule has 0 aliphatic carbocycles. The van der Waals surface area contributed by atoms with Crippen molar-refractivity contribution < 1.29 is 9.59 Å². The fourth-order valence-corrected chi connectivity index (χ4v) is 3.08. The summed E-state index contributed by atoms with van der Waals surface area (Å²) in [7, 11) is 0. The Morgan fingerprint density at radius 1 is 1.32 bits per heavy atom. The smallest absolute Gasteiger partial charge is 0.324 e. The van der Waals surface area contributed by atoms with Crippen molar-refractivity contribution in [1.82, 2.24) is 19.8 Å². The summed E-state index contributed by atoms with van der Waals surface area (Å²) in [4.78, 5) is 29.0. The van der Waals surface area contributed by atoms with Crippen LogP contribution >= 0.6 is 11.8 Å². The van der Waals surface area contributed by atoms with Crippen molar-refractivity contribution in [2.24, 2.45) is 0 Å². The van der Waals surface area contributed by atoms with Gasteiger partial charge in [-0.3, -0.25) is 9.69 Å². The number of carbonyl (C=O) groups is 2. The highest BCUT2D eigenvalue weighted by Crippen LogP contribution is 2.18. The van der Waals surface area contributed by atoms with Crippen molar-refractivity contribution >= 4 is 23.7 Å². The van der Waals surface area contributed by atoms with Crippen molar-refractivity contribution in [2.45, 2.75) is 11.7 Å². The second-order valence-corrected chi connectivity index (χ2v) is 5.83. The van der Waals surface area contributed by atoms with Crippen LogP contribution in [-0.4, -0.2) is 45.2 Å². The van der Waals surface area contributed by atoms with Crippen molar-refractivity contribution in [3.8, 4) is 0 Å². The summed E-state index contributed by atoms with van der Waals surface area (Å²) in [6.07, 6.45) is 3.61. The lowest BCUT2D eigenvalue weighted by atomic mass is 10.2. The van der Waals surface area contributed by atoms with Crippen molar-refractivity contribution in [2.75, 3.05) is 18.8 Å². The molecule has 0 saturated carbocycles. The molecule has 0 bridgehead atoms.